The minimum Gasteiger partial charge on any atom is -0.486 e. The number of nitrogens with one attached hydrogen (secondary N) is 1. The molecule has 6 nitrogen and oxygen atoms in total. The number of benzene rings is 2. The van der Waals surface area contributed by atoms with Crippen molar-refractivity contribution in [3.8, 4) is 11.5 Å². The predicted octanol–water partition coefficient (Wildman–Crippen LogP) is 3.23. The Labute approximate surface area is 154 Å². The summed E-state index contributed by atoms with van der Waals surface area (Å²) >= 11 is 0. The van der Waals surface area contributed by atoms with Gasteiger partial charge in [0, 0.05) is 19.0 Å². The van der Waals surface area contributed by atoms with Crippen LogP contribution in [-0.4, -0.2) is 28.7 Å². The second-order valence-corrected chi connectivity index (χ2v) is 6.97. The summed E-state index contributed by atoms with van der Waals surface area (Å²) in [5.41, 5.74) is 2.37. The van der Waals surface area contributed by atoms with Crippen LogP contribution in [0.25, 0.3) is 11.0 Å². The third-order valence-corrected chi connectivity index (χ3v) is 5.20. The van der Waals surface area contributed by atoms with Gasteiger partial charge in [0.15, 0.2) is 11.5 Å². The number of nitrogens with zero attached hydrogens (tertiary/aromatic N) is 2. The average molecular weight is 367 g/mol. The number of halogens is 1. The van der Waals surface area contributed by atoms with Gasteiger partial charge >= 0.3 is 0 Å². The fourth-order valence-electron chi connectivity index (χ4n) is 3.63. The molecule has 1 saturated carbocycles. The zero-order valence-electron chi connectivity index (χ0n) is 14.7. The van der Waals surface area contributed by atoms with Gasteiger partial charge in [-0.1, -0.05) is 6.07 Å². The van der Waals surface area contributed by atoms with Gasteiger partial charge in [0.05, 0.1) is 11.0 Å². The van der Waals surface area contributed by atoms with E-state index < -0.39 is 0 Å². The highest BCUT2D eigenvalue weighted by atomic mass is 19.1. The van der Waals surface area contributed by atoms with Crippen LogP contribution >= 0.6 is 0 Å². The minimum atomic E-state index is -0.348. The first kappa shape index (κ1) is 16.1. The highest BCUT2D eigenvalue weighted by Crippen LogP contribution is 2.49. The maximum Gasteiger partial charge on any atom is 0.230 e. The Hall–Kier alpha value is -3.09. The van der Waals surface area contributed by atoms with Crippen molar-refractivity contribution in [2.75, 3.05) is 18.5 Å². The Morgan fingerprint density at radius 1 is 1.19 bits per heavy atom. The molecule has 5 rings (SSSR count). The van der Waals surface area contributed by atoms with Gasteiger partial charge in [-0.2, -0.15) is 0 Å². The van der Waals surface area contributed by atoms with E-state index in [9.17, 15) is 9.18 Å². The van der Waals surface area contributed by atoms with Crippen LogP contribution in [0.1, 0.15) is 17.9 Å². The minimum absolute atomic E-state index is 0.0752. The summed E-state index contributed by atoms with van der Waals surface area (Å²) in [6.07, 6.45) is 0.782. The van der Waals surface area contributed by atoms with E-state index in [-0.39, 0.29) is 23.6 Å². The summed E-state index contributed by atoms with van der Waals surface area (Å²) in [7, 11) is 1.80. The van der Waals surface area contributed by atoms with Crippen molar-refractivity contribution in [2.24, 2.45) is 13.0 Å². The molecule has 0 radical (unpaired) electrons. The van der Waals surface area contributed by atoms with Crippen LogP contribution in [-0.2, 0) is 11.8 Å². The first-order valence-corrected chi connectivity index (χ1v) is 8.92. The van der Waals surface area contributed by atoms with Crippen molar-refractivity contribution in [1.29, 1.82) is 0 Å². The normalized spacial score (nSPS) is 20.5. The number of carbonyl (C=O) groups is 1. The monoisotopic (exact) mass is 367 g/mol. The molecule has 3 aromatic rings. The standard InChI is InChI=1S/C20H18FN3O3/c1-24-16-4-3-12(21)9-15(16)22-20(24)23-19(25)14-10-13(14)11-2-5-17-18(8-11)27-7-6-26-17/h2-5,8-9,13-14H,6-7,10H2,1H3,(H,22,23,25). The number of imidazole rings is 1. The number of ether oxygens (including phenoxy) is 2. The van der Waals surface area contributed by atoms with Crippen molar-refractivity contribution in [3.05, 3.63) is 47.8 Å². The first-order chi connectivity index (χ1) is 13.1. The molecule has 138 valence electrons. The van der Waals surface area contributed by atoms with Crippen LogP contribution in [0.4, 0.5) is 10.3 Å². The molecule has 1 aliphatic heterocycles. The van der Waals surface area contributed by atoms with Gasteiger partial charge in [0.1, 0.15) is 19.0 Å². The molecule has 0 bridgehead atoms. The third kappa shape index (κ3) is 2.79. The second kappa shape index (κ2) is 5.97. The Balaban J connectivity index is 1.32. The maximum absolute atomic E-state index is 13.4. The van der Waals surface area contributed by atoms with Crippen LogP contribution in [0.2, 0.25) is 0 Å². The zero-order chi connectivity index (χ0) is 18.5. The summed E-state index contributed by atoms with van der Waals surface area (Å²) in [5.74, 6) is 1.54. The fraction of sp³-hybridized carbons (Fsp3) is 0.300. The molecule has 7 heteroatoms. The molecule has 2 unspecified atom stereocenters. The van der Waals surface area contributed by atoms with Gasteiger partial charge in [0.25, 0.3) is 0 Å². The SMILES string of the molecule is Cn1c(NC(=O)C2CC2c2ccc3c(c2)OCCO3)nc2cc(F)ccc21. The molecule has 2 aliphatic rings. The van der Waals surface area contributed by atoms with E-state index in [1.54, 1.807) is 17.7 Å². The van der Waals surface area contributed by atoms with E-state index >= 15 is 0 Å². The molecule has 1 aliphatic carbocycles. The van der Waals surface area contributed by atoms with E-state index in [2.05, 4.69) is 10.3 Å². The predicted molar refractivity (Wildman–Crippen MR) is 97.6 cm³/mol. The summed E-state index contributed by atoms with van der Waals surface area (Å²) in [6.45, 7) is 1.10. The van der Waals surface area contributed by atoms with Gasteiger partial charge in [-0.15, -0.1) is 0 Å². The van der Waals surface area contributed by atoms with E-state index in [4.69, 9.17) is 9.47 Å². The molecule has 2 heterocycles. The zero-order valence-corrected chi connectivity index (χ0v) is 14.7. The highest BCUT2D eigenvalue weighted by Gasteiger charge is 2.44. The summed E-state index contributed by atoms with van der Waals surface area (Å²) in [5, 5.41) is 2.88. The Bertz CT molecular complexity index is 1060. The summed E-state index contributed by atoms with van der Waals surface area (Å²) < 4.78 is 26.3. The van der Waals surface area contributed by atoms with Gasteiger partial charge in [-0.05, 0) is 42.2 Å². The van der Waals surface area contributed by atoms with Crippen molar-refractivity contribution in [3.63, 3.8) is 0 Å². The quantitative estimate of drug-likeness (QED) is 0.772. The van der Waals surface area contributed by atoms with Crippen molar-refractivity contribution in [2.45, 2.75) is 12.3 Å². The molecular formula is C20H18FN3O3. The van der Waals surface area contributed by atoms with Crippen LogP contribution < -0.4 is 14.8 Å². The number of anilines is 1. The lowest BCUT2D eigenvalue weighted by Crippen LogP contribution is -2.17. The molecule has 2 aromatic carbocycles. The Kier molecular flexibility index (Phi) is 3.56. The van der Waals surface area contributed by atoms with Crippen LogP contribution in [0.3, 0.4) is 0 Å². The number of hydrogen-bond acceptors (Lipinski definition) is 4. The largest absolute Gasteiger partial charge is 0.486 e. The van der Waals surface area contributed by atoms with Gasteiger partial charge in [-0.3, -0.25) is 10.1 Å². The van der Waals surface area contributed by atoms with Crippen molar-refractivity contribution < 1.29 is 18.7 Å². The van der Waals surface area contributed by atoms with E-state index in [1.165, 1.54) is 12.1 Å². The highest BCUT2D eigenvalue weighted by molar-refractivity contribution is 5.95. The van der Waals surface area contributed by atoms with Crippen molar-refractivity contribution in [1.82, 2.24) is 9.55 Å². The molecule has 1 N–H and O–H groups in total. The third-order valence-electron chi connectivity index (χ3n) is 5.20. The molecule has 0 saturated heterocycles. The fourth-order valence-corrected chi connectivity index (χ4v) is 3.63. The number of hydrogen-bond donors (Lipinski definition) is 1. The Morgan fingerprint density at radius 3 is 2.85 bits per heavy atom. The molecular weight excluding hydrogens is 349 g/mol. The second-order valence-electron chi connectivity index (χ2n) is 6.97. The van der Waals surface area contributed by atoms with Gasteiger partial charge in [0.2, 0.25) is 11.9 Å². The lowest BCUT2D eigenvalue weighted by Gasteiger charge is -2.18. The van der Waals surface area contributed by atoms with Crippen LogP contribution in [0.15, 0.2) is 36.4 Å². The number of fused-ring (bicyclic) bond motifs is 2. The molecule has 27 heavy (non-hydrogen) atoms. The number of aromatic nitrogens is 2. The number of carbonyl (C=O) groups excluding carboxylic acids is 1. The number of amides is 1. The Morgan fingerprint density at radius 2 is 2.00 bits per heavy atom. The smallest absolute Gasteiger partial charge is 0.230 e. The van der Waals surface area contributed by atoms with E-state index in [0.717, 1.165) is 29.0 Å². The summed E-state index contributed by atoms with van der Waals surface area (Å²) in [6, 6.07) is 10.3. The molecule has 0 spiro atoms. The van der Waals surface area contributed by atoms with Crippen LogP contribution in [0.5, 0.6) is 11.5 Å². The van der Waals surface area contributed by atoms with Crippen molar-refractivity contribution >= 4 is 22.9 Å². The lowest BCUT2D eigenvalue weighted by atomic mass is 10.1. The molecule has 1 aromatic heterocycles. The first-order valence-electron chi connectivity index (χ1n) is 8.92. The topological polar surface area (TPSA) is 65.4 Å². The maximum atomic E-state index is 13.4. The number of rotatable bonds is 3. The van der Waals surface area contributed by atoms with Crippen LogP contribution in [0, 0.1) is 11.7 Å². The lowest BCUT2D eigenvalue weighted by molar-refractivity contribution is -0.117. The van der Waals surface area contributed by atoms with E-state index in [1.807, 2.05) is 18.2 Å². The molecule has 2 atom stereocenters. The van der Waals surface area contributed by atoms with Gasteiger partial charge in [-0.25, -0.2) is 9.37 Å². The molecule has 1 amide bonds. The van der Waals surface area contributed by atoms with E-state index in [0.29, 0.717) is 24.7 Å². The number of aryl methyl sites for hydroxylation is 1. The van der Waals surface area contributed by atoms with Gasteiger partial charge < -0.3 is 14.0 Å². The summed E-state index contributed by atoms with van der Waals surface area (Å²) in [4.78, 5) is 17.0. The molecule has 1 fully saturated rings. The average Bonchev–Trinajstić information content (AvgIpc) is 3.42.